The SMILES string of the molecule is CC(C)N1CCC(CNCc2ccc([N+](=O)[O-])cc2Cl)C1. The molecule has 1 heterocycles. The highest BCUT2D eigenvalue weighted by atomic mass is 35.5. The summed E-state index contributed by atoms with van der Waals surface area (Å²) in [7, 11) is 0. The van der Waals surface area contributed by atoms with Gasteiger partial charge in [0.25, 0.3) is 5.69 Å². The predicted octanol–water partition coefficient (Wildman–Crippen LogP) is 3.07. The van der Waals surface area contributed by atoms with Crippen LogP contribution in [0.4, 0.5) is 5.69 Å². The van der Waals surface area contributed by atoms with E-state index in [-0.39, 0.29) is 5.69 Å². The van der Waals surface area contributed by atoms with Gasteiger partial charge in [-0.1, -0.05) is 11.6 Å². The molecule has 1 aromatic carbocycles. The summed E-state index contributed by atoms with van der Waals surface area (Å²) in [5.74, 6) is 0.671. The number of benzene rings is 1. The lowest BCUT2D eigenvalue weighted by molar-refractivity contribution is -0.384. The first kappa shape index (κ1) is 16.2. The molecule has 1 unspecified atom stereocenters. The average Bonchev–Trinajstić information content (AvgIpc) is 2.89. The summed E-state index contributed by atoms with van der Waals surface area (Å²) < 4.78 is 0. The number of hydrogen-bond donors (Lipinski definition) is 1. The van der Waals surface area contributed by atoms with E-state index in [1.807, 2.05) is 0 Å². The quantitative estimate of drug-likeness (QED) is 0.648. The summed E-state index contributed by atoms with van der Waals surface area (Å²) in [6.07, 6.45) is 1.22. The molecule has 5 nitrogen and oxygen atoms in total. The van der Waals surface area contributed by atoms with Gasteiger partial charge >= 0.3 is 0 Å². The fraction of sp³-hybridized carbons (Fsp3) is 0.600. The van der Waals surface area contributed by atoms with Crippen LogP contribution in [0.2, 0.25) is 5.02 Å². The zero-order chi connectivity index (χ0) is 15.4. The van der Waals surface area contributed by atoms with Crippen LogP contribution >= 0.6 is 11.6 Å². The van der Waals surface area contributed by atoms with E-state index in [4.69, 9.17) is 11.6 Å². The standard InChI is InChI=1S/C15H22ClN3O2/c1-11(2)18-6-5-12(10-18)8-17-9-13-3-4-14(19(20)21)7-15(13)16/h3-4,7,11-12,17H,5-6,8-10H2,1-2H3. The molecule has 6 heteroatoms. The number of nitro groups is 1. The van der Waals surface area contributed by atoms with Crippen LogP contribution in [-0.4, -0.2) is 35.5 Å². The first-order valence-corrected chi connectivity index (χ1v) is 7.72. The predicted molar refractivity (Wildman–Crippen MR) is 84.6 cm³/mol. The molecule has 21 heavy (non-hydrogen) atoms. The molecule has 0 radical (unpaired) electrons. The van der Waals surface area contributed by atoms with Crippen molar-refractivity contribution in [2.45, 2.75) is 32.9 Å². The number of rotatable bonds is 6. The Bertz CT molecular complexity index is 508. The third-order valence-electron chi connectivity index (χ3n) is 4.04. The van der Waals surface area contributed by atoms with Crippen molar-refractivity contribution in [3.63, 3.8) is 0 Å². The van der Waals surface area contributed by atoms with Crippen LogP contribution < -0.4 is 5.32 Å². The van der Waals surface area contributed by atoms with Crippen molar-refractivity contribution in [1.29, 1.82) is 0 Å². The van der Waals surface area contributed by atoms with E-state index >= 15 is 0 Å². The minimum atomic E-state index is -0.428. The minimum Gasteiger partial charge on any atom is -0.312 e. The largest absolute Gasteiger partial charge is 0.312 e. The maximum absolute atomic E-state index is 10.7. The van der Waals surface area contributed by atoms with Crippen LogP contribution in [0.1, 0.15) is 25.8 Å². The second kappa shape index (κ2) is 7.20. The van der Waals surface area contributed by atoms with Gasteiger partial charge in [0.15, 0.2) is 0 Å². The number of likely N-dealkylation sites (tertiary alicyclic amines) is 1. The van der Waals surface area contributed by atoms with Crippen molar-refractivity contribution in [3.8, 4) is 0 Å². The Morgan fingerprint density at radius 2 is 2.29 bits per heavy atom. The van der Waals surface area contributed by atoms with E-state index in [0.717, 1.165) is 18.7 Å². The second-order valence-electron chi connectivity index (χ2n) is 5.91. The number of hydrogen-bond acceptors (Lipinski definition) is 4. The number of non-ortho nitro benzene ring substituents is 1. The van der Waals surface area contributed by atoms with Crippen molar-refractivity contribution < 1.29 is 4.92 Å². The van der Waals surface area contributed by atoms with Crippen LogP contribution in [0.5, 0.6) is 0 Å². The van der Waals surface area contributed by atoms with Gasteiger partial charge in [-0.25, -0.2) is 0 Å². The molecule has 0 bridgehead atoms. The van der Waals surface area contributed by atoms with E-state index in [9.17, 15) is 10.1 Å². The molecule has 1 aromatic rings. The molecule has 1 aliphatic heterocycles. The van der Waals surface area contributed by atoms with Gasteiger partial charge in [-0.15, -0.1) is 0 Å². The van der Waals surface area contributed by atoms with E-state index < -0.39 is 4.92 Å². The Balaban J connectivity index is 1.80. The molecule has 0 aromatic heterocycles. The molecule has 1 fully saturated rings. The van der Waals surface area contributed by atoms with Crippen LogP contribution in [-0.2, 0) is 6.54 Å². The van der Waals surface area contributed by atoms with Gasteiger partial charge in [-0.2, -0.15) is 0 Å². The molecule has 116 valence electrons. The molecule has 1 atom stereocenters. The number of nitrogens with zero attached hydrogens (tertiary/aromatic N) is 2. The number of halogens is 1. The van der Waals surface area contributed by atoms with Crippen molar-refractivity contribution in [1.82, 2.24) is 10.2 Å². The Hall–Kier alpha value is -1.17. The molecule has 1 N–H and O–H groups in total. The van der Waals surface area contributed by atoms with Gasteiger partial charge in [0.1, 0.15) is 0 Å². The molecule has 2 rings (SSSR count). The van der Waals surface area contributed by atoms with Crippen LogP contribution in [0, 0.1) is 16.0 Å². The molecule has 1 saturated heterocycles. The fourth-order valence-electron chi connectivity index (χ4n) is 2.70. The fourth-order valence-corrected chi connectivity index (χ4v) is 2.94. The molecule has 1 aliphatic rings. The summed E-state index contributed by atoms with van der Waals surface area (Å²) in [4.78, 5) is 12.7. The Kier molecular flexibility index (Phi) is 5.56. The van der Waals surface area contributed by atoms with Crippen LogP contribution in [0.15, 0.2) is 18.2 Å². The van der Waals surface area contributed by atoms with Crippen LogP contribution in [0.3, 0.4) is 0 Å². The van der Waals surface area contributed by atoms with Gasteiger partial charge in [0.2, 0.25) is 0 Å². The summed E-state index contributed by atoms with van der Waals surface area (Å²) >= 11 is 6.08. The van der Waals surface area contributed by atoms with E-state index in [2.05, 4.69) is 24.1 Å². The Labute approximate surface area is 130 Å². The summed E-state index contributed by atoms with van der Waals surface area (Å²) in [6, 6.07) is 5.25. The molecule has 0 aliphatic carbocycles. The molecule has 0 saturated carbocycles. The minimum absolute atomic E-state index is 0.0344. The van der Waals surface area contributed by atoms with E-state index in [1.54, 1.807) is 6.07 Å². The van der Waals surface area contributed by atoms with Crippen molar-refractivity contribution >= 4 is 17.3 Å². The maximum atomic E-state index is 10.7. The highest BCUT2D eigenvalue weighted by molar-refractivity contribution is 6.31. The summed E-state index contributed by atoms with van der Waals surface area (Å²) in [5, 5.41) is 14.5. The normalized spacial score (nSPS) is 19.3. The second-order valence-corrected chi connectivity index (χ2v) is 6.31. The van der Waals surface area contributed by atoms with Crippen molar-refractivity contribution in [3.05, 3.63) is 38.9 Å². The zero-order valence-corrected chi connectivity index (χ0v) is 13.3. The lowest BCUT2D eigenvalue weighted by Gasteiger charge is -2.20. The number of nitro benzene ring substituents is 1. The third kappa shape index (κ3) is 4.40. The zero-order valence-electron chi connectivity index (χ0n) is 12.5. The van der Waals surface area contributed by atoms with Crippen LogP contribution in [0.25, 0.3) is 0 Å². The molecule has 0 spiro atoms. The third-order valence-corrected chi connectivity index (χ3v) is 4.40. The van der Waals surface area contributed by atoms with Gasteiger partial charge in [0, 0.05) is 31.3 Å². The maximum Gasteiger partial charge on any atom is 0.270 e. The monoisotopic (exact) mass is 311 g/mol. The van der Waals surface area contributed by atoms with E-state index in [0.29, 0.717) is 23.5 Å². The Morgan fingerprint density at radius 1 is 1.52 bits per heavy atom. The first-order chi connectivity index (χ1) is 9.97. The van der Waals surface area contributed by atoms with Crippen molar-refractivity contribution in [2.24, 2.45) is 5.92 Å². The average molecular weight is 312 g/mol. The highest BCUT2D eigenvalue weighted by Gasteiger charge is 2.23. The topological polar surface area (TPSA) is 58.4 Å². The first-order valence-electron chi connectivity index (χ1n) is 7.35. The highest BCUT2D eigenvalue weighted by Crippen LogP contribution is 2.23. The summed E-state index contributed by atoms with van der Waals surface area (Å²) in [5.41, 5.74) is 0.938. The molecular weight excluding hydrogens is 290 g/mol. The lowest BCUT2D eigenvalue weighted by atomic mass is 10.1. The Morgan fingerprint density at radius 3 is 2.86 bits per heavy atom. The van der Waals surface area contributed by atoms with Gasteiger partial charge in [-0.05, 0) is 50.9 Å². The van der Waals surface area contributed by atoms with E-state index in [1.165, 1.54) is 25.1 Å². The number of nitrogens with one attached hydrogen (secondary N) is 1. The lowest BCUT2D eigenvalue weighted by Crippen LogP contribution is -2.30. The molecular formula is C15H22ClN3O2. The van der Waals surface area contributed by atoms with Gasteiger partial charge in [0.05, 0.1) is 9.95 Å². The van der Waals surface area contributed by atoms with Crippen molar-refractivity contribution in [2.75, 3.05) is 19.6 Å². The smallest absolute Gasteiger partial charge is 0.270 e. The van der Waals surface area contributed by atoms with Gasteiger partial charge in [-0.3, -0.25) is 10.1 Å². The molecule has 0 amide bonds. The summed E-state index contributed by atoms with van der Waals surface area (Å²) in [6.45, 7) is 8.37. The van der Waals surface area contributed by atoms with Gasteiger partial charge < -0.3 is 10.2 Å².